The third kappa shape index (κ3) is 3.69. The van der Waals surface area contributed by atoms with Gasteiger partial charge in [0.25, 0.3) is 11.6 Å². The minimum atomic E-state index is -1.30. The highest BCUT2D eigenvalue weighted by Crippen LogP contribution is 2.30. The van der Waals surface area contributed by atoms with Crippen molar-refractivity contribution < 1.29 is 19.6 Å². The van der Waals surface area contributed by atoms with Crippen LogP contribution in [0, 0.1) is 10.1 Å². The Morgan fingerprint density at radius 3 is 2.46 bits per heavy atom. The van der Waals surface area contributed by atoms with Gasteiger partial charge in [-0.3, -0.25) is 14.9 Å². The first-order chi connectivity index (χ1) is 11.3. The molecule has 0 aliphatic carbocycles. The summed E-state index contributed by atoms with van der Waals surface area (Å²) >= 11 is 1.65. The van der Waals surface area contributed by atoms with Gasteiger partial charge in [-0.05, 0) is 36.3 Å². The highest BCUT2D eigenvalue weighted by molar-refractivity contribution is 7.99. The van der Waals surface area contributed by atoms with E-state index in [-0.39, 0.29) is 17.2 Å². The number of carboxylic acids is 1. The summed E-state index contributed by atoms with van der Waals surface area (Å²) in [4.78, 5) is 34.8. The normalized spacial score (nSPS) is 16.6. The molecule has 130 valence electrons. The molecule has 1 saturated heterocycles. The molecule has 1 aromatic rings. The van der Waals surface area contributed by atoms with Gasteiger partial charge in [-0.25, -0.2) is 4.79 Å². The Morgan fingerprint density at radius 2 is 1.96 bits per heavy atom. The standard InChI is InChI=1S/C16H20N2O5S/c1-10(2)12-4-3-11(9-13(12)18(22)23)14(19)17-16(15(20)21)5-7-24-8-6-16/h3-4,9-10H,5-8H2,1-2H3,(H,17,19)(H,20,21). The highest BCUT2D eigenvalue weighted by Gasteiger charge is 2.41. The Morgan fingerprint density at radius 1 is 1.33 bits per heavy atom. The van der Waals surface area contributed by atoms with Crippen LogP contribution in [0.2, 0.25) is 0 Å². The molecule has 0 atom stereocenters. The first-order valence-corrected chi connectivity index (χ1v) is 8.84. The topological polar surface area (TPSA) is 110 Å². The van der Waals surface area contributed by atoms with E-state index in [0.717, 1.165) is 0 Å². The molecule has 0 bridgehead atoms. The number of amides is 1. The predicted octanol–water partition coefficient (Wildman–Crippen LogP) is 2.80. The van der Waals surface area contributed by atoms with Crippen LogP contribution >= 0.6 is 11.8 Å². The molecule has 1 aliphatic heterocycles. The van der Waals surface area contributed by atoms with Crippen LogP contribution in [0.25, 0.3) is 0 Å². The number of carboxylic acid groups (broad SMARTS) is 1. The molecule has 7 nitrogen and oxygen atoms in total. The molecule has 1 fully saturated rings. The SMILES string of the molecule is CC(C)c1ccc(C(=O)NC2(C(=O)O)CCSCC2)cc1[N+](=O)[O-]. The Hall–Kier alpha value is -2.09. The highest BCUT2D eigenvalue weighted by atomic mass is 32.2. The van der Waals surface area contributed by atoms with Crippen LogP contribution in [0.15, 0.2) is 18.2 Å². The number of hydrogen-bond donors (Lipinski definition) is 2. The number of aliphatic carboxylic acids is 1. The molecular weight excluding hydrogens is 332 g/mol. The van der Waals surface area contributed by atoms with E-state index in [1.807, 2.05) is 13.8 Å². The lowest BCUT2D eigenvalue weighted by Crippen LogP contribution is -2.56. The largest absolute Gasteiger partial charge is 0.480 e. The summed E-state index contributed by atoms with van der Waals surface area (Å²) in [5.74, 6) is -0.409. The fourth-order valence-electron chi connectivity index (χ4n) is 2.73. The Labute approximate surface area is 144 Å². The smallest absolute Gasteiger partial charge is 0.329 e. The second kappa shape index (κ2) is 7.21. The zero-order valence-electron chi connectivity index (χ0n) is 13.6. The molecule has 8 heteroatoms. The van der Waals surface area contributed by atoms with E-state index >= 15 is 0 Å². The molecule has 1 amide bonds. The number of thioether (sulfide) groups is 1. The minimum Gasteiger partial charge on any atom is -0.480 e. The third-order valence-corrected chi connectivity index (χ3v) is 5.21. The van der Waals surface area contributed by atoms with Crippen LogP contribution in [-0.4, -0.2) is 39.0 Å². The van der Waals surface area contributed by atoms with E-state index < -0.39 is 22.3 Å². The van der Waals surface area contributed by atoms with Crippen LogP contribution in [0.4, 0.5) is 5.69 Å². The number of nitro groups is 1. The molecule has 2 rings (SSSR count). The van der Waals surface area contributed by atoms with Crippen molar-refractivity contribution in [3.05, 3.63) is 39.4 Å². The van der Waals surface area contributed by atoms with Gasteiger partial charge in [0.2, 0.25) is 0 Å². The van der Waals surface area contributed by atoms with E-state index in [9.17, 15) is 24.8 Å². The average Bonchev–Trinajstić information content (AvgIpc) is 2.54. The van der Waals surface area contributed by atoms with Gasteiger partial charge in [-0.2, -0.15) is 11.8 Å². The lowest BCUT2D eigenvalue weighted by Gasteiger charge is -2.33. The molecule has 1 heterocycles. The third-order valence-electron chi connectivity index (χ3n) is 4.22. The van der Waals surface area contributed by atoms with Gasteiger partial charge < -0.3 is 10.4 Å². The van der Waals surface area contributed by atoms with Crippen molar-refractivity contribution in [2.24, 2.45) is 0 Å². The lowest BCUT2D eigenvalue weighted by atomic mass is 9.91. The predicted molar refractivity (Wildman–Crippen MR) is 91.6 cm³/mol. The number of carbonyl (C=O) groups is 2. The van der Waals surface area contributed by atoms with E-state index in [0.29, 0.717) is 29.9 Å². The molecule has 0 saturated carbocycles. The second-order valence-corrected chi connectivity index (χ2v) is 7.36. The van der Waals surface area contributed by atoms with Crippen molar-refractivity contribution >= 4 is 29.3 Å². The summed E-state index contributed by atoms with van der Waals surface area (Å²) in [6.45, 7) is 3.67. The maximum atomic E-state index is 12.5. The van der Waals surface area contributed by atoms with E-state index in [2.05, 4.69) is 5.32 Å². The van der Waals surface area contributed by atoms with Crippen molar-refractivity contribution in [3.63, 3.8) is 0 Å². The van der Waals surface area contributed by atoms with Gasteiger partial charge in [0.1, 0.15) is 5.54 Å². The average molecular weight is 352 g/mol. The number of carbonyl (C=O) groups excluding carboxylic acids is 1. The molecule has 0 radical (unpaired) electrons. The van der Waals surface area contributed by atoms with E-state index in [4.69, 9.17) is 0 Å². The molecule has 0 unspecified atom stereocenters. The quantitative estimate of drug-likeness (QED) is 0.623. The fourth-order valence-corrected chi connectivity index (χ4v) is 3.92. The summed E-state index contributed by atoms with van der Waals surface area (Å²) < 4.78 is 0. The zero-order valence-corrected chi connectivity index (χ0v) is 14.4. The lowest BCUT2D eigenvalue weighted by molar-refractivity contribution is -0.385. The Balaban J connectivity index is 2.30. The first-order valence-electron chi connectivity index (χ1n) is 7.69. The number of rotatable bonds is 5. The van der Waals surface area contributed by atoms with Crippen molar-refractivity contribution in [2.75, 3.05) is 11.5 Å². The molecule has 0 spiro atoms. The summed E-state index contributed by atoms with van der Waals surface area (Å²) in [5.41, 5.74) is -0.780. The second-order valence-electron chi connectivity index (χ2n) is 6.14. The van der Waals surface area contributed by atoms with Crippen molar-refractivity contribution in [2.45, 2.75) is 38.1 Å². The molecule has 1 aromatic carbocycles. The van der Waals surface area contributed by atoms with Gasteiger partial charge in [0.15, 0.2) is 0 Å². The molecule has 0 aromatic heterocycles. The van der Waals surface area contributed by atoms with Crippen LogP contribution < -0.4 is 5.32 Å². The van der Waals surface area contributed by atoms with Crippen molar-refractivity contribution in [1.29, 1.82) is 0 Å². The summed E-state index contributed by atoms with van der Waals surface area (Å²) in [6.07, 6.45) is 0.676. The minimum absolute atomic E-state index is 0.0526. The van der Waals surface area contributed by atoms with E-state index in [1.165, 1.54) is 12.1 Å². The molecular formula is C16H20N2O5S. The van der Waals surface area contributed by atoms with Crippen molar-refractivity contribution in [3.8, 4) is 0 Å². The molecule has 2 N–H and O–H groups in total. The molecule has 24 heavy (non-hydrogen) atoms. The Kier molecular flexibility index (Phi) is 5.48. The van der Waals surface area contributed by atoms with Crippen LogP contribution in [0.1, 0.15) is 48.5 Å². The van der Waals surface area contributed by atoms with Crippen LogP contribution in [-0.2, 0) is 4.79 Å². The number of hydrogen-bond acceptors (Lipinski definition) is 5. The Bertz CT molecular complexity index is 668. The number of benzene rings is 1. The summed E-state index contributed by atoms with van der Waals surface area (Å²) in [7, 11) is 0. The fraction of sp³-hybridized carbons (Fsp3) is 0.500. The maximum Gasteiger partial charge on any atom is 0.329 e. The van der Waals surface area contributed by atoms with E-state index in [1.54, 1.807) is 17.8 Å². The number of nitrogens with one attached hydrogen (secondary N) is 1. The monoisotopic (exact) mass is 352 g/mol. The number of nitrogens with zero attached hydrogens (tertiary/aromatic N) is 1. The van der Waals surface area contributed by atoms with Crippen LogP contribution in [0.5, 0.6) is 0 Å². The van der Waals surface area contributed by atoms with Gasteiger partial charge in [0, 0.05) is 17.2 Å². The summed E-state index contributed by atoms with van der Waals surface area (Å²) in [5, 5.41) is 23.3. The van der Waals surface area contributed by atoms with Gasteiger partial charge in [-0.1, -0.05) is 19.9 Å². The van der Waals surface area contributed by atoms with Gasteiger partial charge in [-0.15, -0.1) is 0 Å². The zero-order chi connectivity index (χ0) is 17.9. The number of nitro benzene ring substituents is 1. The van der Waals surface area contributed by atoms with Crippen LogP contribution in [0.3, 0.4) is 0 Å². The van der Waals surface area contributed by atoms with Gasteiger partial charge >= 0.3 is 5.97 Å². The van der Waals surface area contributed by atoms with Gasteiger partial charge in [0.05, 0.1) is 4.92 Å². The first kappa shape index (κ1) is 18.3. The van der Waals surface area contributed by atoms with Crippen molar-refractivity contribution in [1.82, 2.24) is 5.32 Å². The summed E-state index contributed by atoms with van der Waals surface area (Å²) in [6, 6.07) is 4.28. The maximum absolute atomic E-state index is 12.5. The molecule has 1 aliphatic rings.